The highest BCUT2D eigenvalue weighted by atomic mass is 35.5. The van der Waals surface area contributed by atoms with Crippen molar-refractivity contribution in [2.75, 3.05) is 16.8 Å². The fourth-order valence-electron chi connectivity index (χ4n) is 3.56. The summed E-state index contributed by atoms with van der Waals surface area (Å²) in [7, 11) is 0. The molecule has 0 aliphatic carbocycles. The second-order valence-corrected chi connectivity index (χ2v) is 7.77. The number of rotatable bonds is 6. The predicted octanol–water partition coefficient (Wildman–Crippen LogP) is 5.72. The lowest BCUT2D eigenvalue weighted by atomic mass is 10.0. The van der Waals surface area contributed by atoms with Gasteiger partial charge in [0.15, 0.2) is 11.6 Å². The van der Waals surface area contributed by atoms with Gasteiger partial charge in [-0.15, -0.1) is 0 Å². The second-order valence-electron chi connectivity index (χ2n) is 7.34. The van der Waals surface area contributed by atoms with E-state index >= 15 is 0 Å². The standard InChI is InChI=1S/C25H19ClF2N2O3/c1-3-33-18-8-4-15(5-9-18)22-23(29-21-11-6-16(26)12-14(21)2)25(32)30(24(22)31)17-7-10-19(27)20(28)13-17/h4-13,29H,3H2,1-2H3. The van der Waals surface area contributed by atoms with Crippen molar-refractivity contribution >= 4 is 40.4 Å². The summed E-state index contributed by atoms with van der Waals surface area (Å²) in [6, 6.07) is 14.6. The molecule has 1 aliphatic rings. The van der Waals surface area contributed by atoms with Crippen LogP contribution in [-0.4, -0.2) is 18.4 Å². The van der Waals surface area contributed by atoms with Crippen LogP contribution < -0.4 is 15.0 Å². The average molecular weight is 469 g/mol. The number of nitrogens with zero attached hydrogens (tertiary/aromatic N) is 1. The fourth-order valence-corrected chi connectivity index (χ4v) is 3.79. The summed E-state index contributed by atoms with van der Waals surface area (Å²) in [5.74, 6) is -2.98. The molecule has 0 fully saturated rings. The van der Waals surface area contributed by atoms with E-state index in [4.69, 9.17) is 16.3 Å². The molecule has 4 rings (SSSR count). The smallest absolute Gasteiger partial charge is 0.282 e. The molecule has 0 bridgehead atoms. The first kappa shape index (κ1) is 22.5. The Morgan fingerprint density at radius 1 is 0.939 bits per heavy atom. The summed E-state index contributed by atoms with van der Waals surface area (Å²) in [5, 5.41) is 3.56. The van der Waals surface area contributed by atoms with Gasteiger partial charge in [0, 0.05) is 16.8 Å². The number of anilines is 2. The highest BCUT2D eigenvalue weighted by molar-refractivity contribution is 6.46. The molecule has 33 heavy (non-hydrogen) atoms. The maximum atomic E-state index is 13.9. The van der Waals surface area contributed by atoms with Gasteiger partial charge in [-0.3, -0.25) is 9.59 Å². The van der Waals surface area contributed by atoms with Gasteiger partial charge in [0.05, 0.1) is 17.9 Å². The first-order chi connectivity index (χ1) is 15.8. The zero-order chi connectivity index (χ0) is 23.7. The number of carbonyl (C=O) groups excluding carboxylic acids is 2. The van der Waals surface area contributed by atoms with Crippen LogP contribution in [0.1, 0.15) is 18.1 Å². The van der Waals surface area contributed by atoms with Crippen molar-refractivity contribution in [1.29, 1.82) is 0 Å². The van der Waals surface area contributed by atoms with Crippen LogP contribution in [0.5, 0.6) is 5.75 Å². The van der Waals surface area contributed by atoms with Crippen molar-refractivity contribution in [3.63, 3.8) is 0 Å². The Hall–Kier alpha value is -3.71. The molecule has 168 valence electrons. The molecule has 0 unspecified atom stereocenters. The van der Waals surface area contributed by atoms with Gasteiger partial charge >= 0.3 is 0 Å². The highest BCUT2D eigenvalue weighted by Gasteiger charge is 2.40. The Morgan fingerprint density at radius 3 is 2.30 bits per heavy atom. The number of imide groups is 1. The first-order valence-corrected chi connectivity index (χ1v) is 10.5. The molecule has 0 spiro atoms. The van der Waals surface area contributed by atoms with E-state index in [-0.39, 0.29) is 17.0 Å². The average Bonchev–Trinajstić information content (AvgIpc) is 3.02. The van der Waals surface area contributed by atoms with E-state index in [1.165, 1.54) is 6.07 Å². The lowest BCUT2D eigenvalue weighted by molar-refractivity contribution is -0.120. The number of nitrogens with one attached hydrogen (secondary N) is 1. The van der Waals surface area contributed by atoms with Gasteiger partial charge in [-0.1, -0.05) is 23.7 Å². The van der Waals surface area contributed by atoms with Crippen LogP contribution in [0, 0.1) is 18.6 Å². The molecule has 0 saturated carbocycles. The van der Waals surface area contributed by atoms with E-state index in [1.807, 2.05) is 6.92 Å². The number of ether oxygens (including phenoxy) is 1. The van der Waals surface area contributed by atoms with E-state index in [0.29, 0.717) is 28.6 Å². The van der Waals surface area contributed by atoms with Crippen LogP contribution in [-0.2, 0) is 9.59 Å². The molecule has 0 atom stereocenters. The maximum Gasteiger partial charge on any atom is 0.282 e. The Morgan fingerprint density at radius 2 is 1.67 bits per heavy atom. The van der Waals surface area contributed by atoms with Crippen molar-refractivity contribution in [2.24, 2.45) is 0 Å². The third-order valence-corrected chi connectivity index (χ3v) is 5.38. The number of hydrogen-bond acceptors (Lipinski definition) is 4. The second kappa shape index (κ2) is 9.03. The summed E-state index contributed by atoms with van der Waals surface area (Å²) < 4.78 is 32.8. The number of halogens is 3. The largest absolute Gasteiger partial charge is 0.494 e. The topological polar surface area (TPSA) is 58.6 Å². The Bertz CT molecular complexity index is 1290. The maximum absolute atomic E-state index is 13.9. The molecule has 0 saturated heterocycles. The van der Waals surface area contributed by atoms with Gasteiger partial charge in [0.25, 0.3) is 11.8 Å². The fraction of sp³-hybridized carbons (Fsp3) is 0.120. The van der Waals surface area contributed by atoms with E-state index < -0.39 is 23.4 Å². The molecule has 0 aromatic heterocycles. The molecular weight excluding hydrogens is 450 g/mol. The zero-order valence-corrected chi connectivity index (χ0v) is 18.5. The van der Waals surface area contributed by atoms with Crippen molar-refractivity contribution < 1.29 is 23.1 Å². The molecule has 2 amide bonds. The monoisotopic (exact) mass is 468 g/mol. The van der Waals surface area contributed by atoms with Crippen molar-refractivity contribution in [2.45, 2.75) is 13.8 Å². The Labute approximate surface area is 194 Å². The highest BCUT2D eigenvalue weighted by Crippen LogP contribution is 2.35. The third kappa shape index (κ3) is 4.32. The van der Waals surface area contributed by atoms with E-state index in [2.05, 4.69) is 5.32 Å². The van der Waals surface area contributed by atoms with Crippen molar-refractivity contribution in [3.8, 4) is 5.75 Å². The van der Waals surface area contributed by atoms with Crippen LogP contribution in [0.15, 0.2) is 66.4 Å². The Kier molecular flexibility index (Phi) is 6.16. The molecule has 0 radical (unpaired) electrons. The summed E-state index contributed by atoms with van der Waals surface area (Å²) in [5.41, 5.74) is 1.84. The number of amides is 2. The van der Waals surface area contributed by atoms with Gasteiger partial charge in [-0.05, 0) is 67.4 Å². The number of benzene rings is 3. The molecular formula is C25H19ClF2N2O3. The minimum Gasteiger partial charge on any atom is -0.494 e. The Balaban J connectivity index is 1.82. The molecule has 5 nitrogen and oxygen atoms in total. The predicted molar refractivity (Wildman–Crippen MR) is 123 cm³/mol. The summed E-state index contributed by atoms with van der Waals surface area (Å²) in [6.45, 7) is 4.14. The van der Waals surface area contributed by atoms with E-state index in [1.54, 1.807) is 49.4 Å². The molecule has 3 aromatic carbocycles. The van der Waals surface area contributed by atoms with Crippen molar-refractivity contribution in [3.05, 3.63) is 94.1 Å². The van der Waals surface area contributed by atoms with Gasteiger partial charge < -0.3 is 10.1 Å². The molecule has 1 heterocycles. The minimum absolute atomic E-state index is 0.0133. The van der Waals surface area contributed by atoms with Crippen LogP contribution in [0.25, 0.3) is 5.57 Å². The van der Waals surface area contributed by atoms with Crippen molar-refractivity contribution in [1.82, 2.24) is 0 Å². The van der Waals surface area contributed by atoms with Gasteiger partial charge in [0.2, 0.25) is 0 Å². The summed E-state index contributed by atoms with van der Waals surface area (Å²) in [4.78, 5) is 27.6. The number of aryl methyl sites for hydroxylation is 1. The lowest BCUT2D eigenvalue weighted by Gasteiger charge is -2.16. The molecule has 1 N–H and O–H groups in total. The summed E-state index contributed by atoms with van der Waals surface area (Å²) in [6.07, 6.45) is 0. The first-order valence-electron chi connectivity index (χ1n) is 10.1. The third-order valence-electron chi connectivity index (χ3n) is 5.15. The molecule has 8 heteroatoms. The normalized spacial score (nSPS) is 13.7. The van der Waals surface area contributed by atoms with Gasteiger partial charge in [0.1, 0.15) is 11.4 Å². The van der Waals surface area contributed by atoms with Crippen LogP contribution in [0.2, 0.25) is 5.02 Å². The molecule has 3 aromatic rings. The quantitative estimate of drug-likeness (QED) is 0.470. The summed E-state index contributed by atoms with van der Waals surface area (Å²) >= 11 is 6.03. The zero-order valence-electron chi connectivity index (χ0n) is 17.8. The molecule has 1 aliphatic heterocycles. The van der Waals surface area contributed by atoms with Gasteiger partial charge in [-0.25, -0.2) is 13.7 Å². The van der Waals surface area contributed by atoms with Gasteiger partial charge in [-0.2, -0.15) is 0 Å². The van der Waals surface area contributed by atoms with Crippen LogP contribution >= 0.6 is 11.6 Å². The van der Waals surface area contributed by atoms with E-state index in [9.17, 15) is 18.4 Å². The minimum atomic E-state index is -1.16. The SMILES string of the molecule is CCOc1ccc(C2=C(Nc3ccc(Cl)cc3C)C(=O)N(c3ccc(F)c(F)c3)C2=O)cc1. The van der Waals surface area contributed by atoms with Crippen LogP contribution in [0.3, 0.4) is 0 Å². The van der Waals surface area contributed by atoms with Crippen LogP contribution in [0.4, 0.5) is 20.2 Å². The number of hydrogen-bond donors (Lipinski definition) is 1. The number of carbonyl (C=O) groups is 2. The lowest BCUT2D eigenvalue weighted by Crippen LogP contribution is -2.32. The van der Waals surface area contributed by atoms with E-state index in [0.717, 1.165) is 22.6 Å².